The number of benzene rings is 1. The SMILES string of the molecule is O=C(COc1ccc(Br)cc1)Nc1cnccc1C(=O)O. The number of anilines is 1. The molecule has 1 aromatic carbocycles. The molecule has 0 aliphatic carbocycles. The van der Waals surface area contributed by atoms with Gasteiger partial charge in [0.15, 0.2) is 6.61 Å². The first kappa shape index (κ1) is 15.0. The summed E-state index contributed by atoms with van der Waals surface area (Å²) < 4.78 is 6.20. The third kappa shape index (κ3) is 4.28. The maximum absolute atomic E-state index is 11.8. The van der Waals surface area contributed by atoms with Crippen molar-refractivity contribution < 1.29 is 19.4 Å². The van der Waals surface area contributed by atoms with Crippen LogP contribution in [0, 0.1) is 0 Å². The number of hydrogen-bond donors (Lipinski definition) is 2. The Bertz CT molecular complexity index is 658. The highest BCUT2D eigenvalue weighted by atomic mass is 79.9. The number of carboxylic acids is 1. The molecule has 0 unspecified atom stereocenters. The number of pyridine rings is 1. The fraction of sp³-hybridized carbons (Fsp3) is 0.0714. The summed E-state index contributed by atoms with van der Waals surface area (Å²) in [4.78, 5) is 26.5. The highest BCUT2D eigenvalue weighted by molar-refractivity contribution is 9.10. The number of halogens is 1. The topological polar surface area (TPSA) is 88.5 Å². The number of carbonyl (C=O) groups is 2. The number of nitrogens with zero attached hydrogens (tertiary/aromatic N) is 1. The zero-order valence-electron chi connectivity index (χ0n) is 10.7. The van der Waals surface area contributed by atoms with Gasteiger partial charge in [0.2, 0.25) is 0 Å². The molecule has 6 nitrogen and oxygen atoms in total. The Morgan fingerprint density at radius 1 is 1.24 bits per heavy atom. The van der Waals surface area contributed by atoms with Crippen molar-refractivity contribution in [3.63, 3.8) is 0 Å². The lowest BCUT2D eigenvalue weighted by atomic mass is 10.2. The van der Waals surface area contributed by atoms with Crippen molar-refractivity contribution in [3.05, 3.63) is 52.8 Å². The van der Waals surface area contributed by atoms with E-state index >= 15 is 0 Å². The number of rotatable bonds is 5. The van der Waals surface area contributed by atoms with Crippen LogP contribution in [0.25, 0.3) is 0 Å². The second-order valence-corrected chi connectivity index (χ2v) is 4.93. The van der Waals surface area contributed by atoms with Crippen LogP contribution in [-0.4, -0.2) is 28.6 Å². The van der Waals surface area contributed by atoms with Crippen LogP contribution < -0.4 is 10.1 Å². The summed E-state index contributed by atoms with van der Waals surface area (Å²) in [6.45, 7) is -0.227. The second-order valence-electron chi connectivity index (χ2n) is 4.02. The molecule has 0 saturated heterocycles. The largest absolute Gasteiger partial charge is 0.484 e. The molecular formula is C14H11BrN2O4. The third-order valence-electron chi connectivity index (χ3n) is 2.51. The van der Waals surface area contributed by atoms with E-state index in [-0.39, 0.29) is 17.9 Å². The Morgan fingerprint density at radius 3 is 2.62 bits per heavy atom. The van der Waals surface area contributed by atoms with Crippen LogP contribution in [0.5, 0.6) is 5.75 Å². The normalized spacial score (nSPS) is 9.95. The van der Waals surface area contributed by atoms with E-state index in [4.69, 9.17) is 9.84 Å². The van der Waals surface area contributed by atoms with Crippen molar-refractivity contribution in [3.8, 4) is 5.75 Å². The molecule has 21 heavy (non-hydrogen) atoms. The van der Waals surface area contributed by atoms with Crippen LogP contribution in [0.15, 0.2) is 47.2 Å². The van der Waals surface area contributed by atoms with Gasteiger partial charge in [0, 0.05) is 10.7 Å². The van der Waals surface area contributed by atoms with Crippen molar-refractivity contribution in [1.29, 1.82) is 0 Å². The average Bonchev–Trinajstić information content (AvgIpc) is 2.47. The number of hydrogen-bond acceptors (Lipinski definition) is 4. The highest BCUT2D eigenvalue weighted by Crippen LogP contribution is 2.16. The number of amides is 1. The number of aromatic carboxylic acids is 1. The Labute approximate surface area is 128 Å². The van der Waals surface area contributed by atoms with Crippen LogP contribution in [0.1, 0.15) is 10.4 Å². The summed E-state index contributed by atoms with van der Waals surface area (Å²) in [6.07, 6.45) is 2.62. The van der Waals surface area contributed by atoms with E-state index in [1.165, 1.54) is 18.5 Å². The second kappa shape index (κ2) is 6.85. The van der Waals surface area contributed by atoms with Gasteiger partial charge in [-0.3, -0.25) is 9.78 Å². The van der Waals surface area contributed by atoms with Gasteiger partial charge in [0.05, 0.1) is 17.4 Å². The Balaban J connectivity index is 1.96. The first-order chi connectivity index (χ1) is 10.1. The minimum atomic E-state index is -1.14. The van der Waals surface area contributed by atoms with E-state index in [0.29, 0.717) is 5.75 Å². The predicted octanol–water partition coefficient (Wildman–Crippen LogP) is 2.56. The molecule has 7 heteroatoms. The summed E-state index contributed by atoms with van der Waals surface area (Å²) in [5.74, 6) is -1.06. The zero-order valence-corrected chi connectivity index (χ0v) is 12.3. The van der Waals surface area contributed by atoms with Gasteiger partial charge >= 0.3 is 5.97 Å². The molecule has 0 radical (unpaired) electrons. The van der Waals surface area contributed by atoms with Gasteiger partial charge in [0.25, 0.3) is 5.91 Å². The molecule has 0 aliphatic rings. The molecule has 2 N–H and O–H groups in total. The highest BCUT2D eigenvalue weighted by Gasteiger charge is 2.12. The van der Waals surface area contributed by atoms with Gasteiger partial charge in [-0.25, -0.2) is 4.79 Å². The van der Waals surface area contributed by atoms with Crippen molar-refractivity contribution in [2.45, 2.75) is 0 Å². The van der Waals surface area contributed by atoms with Crippen molar-refractivity contribution >= 4 is 33.5 Å². The summed E-state index contributed by atoms with van der Waals surface area (Å²) in [6, 6.07) is 8.32. The van der Waals surface area contributed by atoms with Crippen LogP contribution >= 0.6 is 15.9 Å². The molecule has 1 aromatic heterocycles. The van der Waals surface area contributed by atoms with E-state index in [2.05, 4.69) is 26.2 Å². The minimum absolute atomic E-state index is 0.0259. The Hall–Kier alpha value is -2.41. The molecule has 0 fully saturated rings. The van der Waals surface area contributed by atoms with Gasteiger partial charge in [-0.15, -0.1) is 0 Å². The van der Waals surface area contributed by atoms with E-state index in [1.54, 1.807) is 24.3 Å². The molecule has 0 bridgehead atoms. The van der Waals surface area contributed by atoms with Gasteiger partial charge in [-0.05, 0) is 30.3 Å². The first-order valence-electron chi connectivity index (χ1n) is 5.92. The molecule has 108 valence electrons. The van der Waals surface area contributed by atoms with Gasteiger partial charge in [-0.1, -0.05) is 15.9 Å². The Kier molecular flexibility index (Phi) is 4.89. The number of carboxylic acid groups (broad SMARTS) is 1. The summed E-state index contributed by atoms with van der Waals surface area (Å²) >= 11 is 3.29. The van der Waals surface area contributed by atoms with Crippen LogP contribution in [0.2, 0.25) is 0 Å². The maximum atomic E-state index is 11.8. The number of carbonyl (C=O) groups excluding carboxylic acids is 1. The standard InChI is InChI=1S/C14H11BrN2O4/c15-9-1-3-10(4-2-9)21-8-13(18)17-12-7-16-6-5-11(12)14(19)20/h1-7H,8H2,(H,17,18)(H,19,20). The summed E-state index contributed by atoms with van der Waals surface area (Å²) in [7, 11) is 0. The van der Waals surface area contributed by atoms with Gasteiger partial charge in [0.1, 0.15) is 5.75 Å². The number of nitrogens with one attached hydrogen (secondary N) is 1. The molecule has 0 aliphatic heterocycles. The van der Waals surface area contributed by atoms with E-state index < -0.39 is 11.9 Å². The smallest absolute Gasteiger partial charge is 0.337 e. The molecule has 0 spiro atoms. The fourth-order valence-corrected chi connectivity index (χ4v) is 1.81. The van der Waals surface area contributed by atoms with Crippen molar-refractivity contribution in [2.24, 2.45) is 0 Å². The molecule has 0 saturated carbocycles. The van der Waals surface area contributed by atoms with E-state index in [0.717, 1.165) is 4.47 Å². The van der Waals surface area contributed by atoms with E-state index in [1.807, 2.05) is 0 Å². The summed E-state index contributed by atoms with van der Waals surface area (Å²) in [5.41, 5.74) is 0.108. The monoisotopic (exact) mass is 350 g/mol. The maximum Gasteiger partial charge on any atom is 0.337 e. The van der Waals surface area contributed by atoms with Crippen molar-refractivity contribution in [2.75, 3.05) is 11.9 Å². The van der Waals surface area contributed by atoms with Crippen molar-refractivity contribution in [1.82, 2.24) is 4.98 Å². The Morgan fingerprint density at radius 2 is 1.95 bits per heavy atom. The lowest BCUT2D eigenvalue weighted by molar-refractivity contribution is -0.118. The molecule has 2 aromatic rings. The number of ether oxygens (including phenoxy) is 1. The van der Waals surface area contributed by atoms with E-state index in [9.17, 15) is 9.59 Å². The first-order valence-corrected chi connectivity index (χ1v) is 6.71. The van der Waals surface area contributed by atoms with Gasteiger partial charge < -0.3 is 15.2 Å². The molecular weight excluding hydrogens is 340 g/mol. The third-order valence-corrected chi connectivity index (χ3v) is 3.04. The van der Waals surface area contributed by atoms with Crippen LogP contribution in [-0.2, 0) is 4.79 Å². The molecule has 1 amide bonds. The number of aromatic nitrogens is 1. The minimum Gasteiger partial charge on any atom is -0.484 e. The van der Waals surface area contributed by atoms with Crippen LogP contribution in [0.3, 0.4) is 0 Å². The molecule has 2 rings (SSSR count). The lowest BCUT2D eigenvalue weighted by Gasteiger charge is -2.09. The molecule has 1 heterocycles. The quantitative estimate of drug-likeness (QED) is 0.864. The summed E-state index contributed by atoms with van der Waals surface area (Å²) in [5, 5.41) is 11.5. The van der Waals surface area contributed by atoms with Crippen LogP contribution in [0.4, 0.5) is 5.69 Å². The van der Waals surface area contributed by atoms with Gasteiger partial charge in [-0.2, -0.15) is 0 Å². The zero-order chi connectivity index (χ0) is 15.2. The lowest BCUT2D eigenvalue weighted by Crippen LogP contribution is -2.21. The fourth-order valence-electron chi connectivity index (χ4n) is 1.55. The molecule has 0 atom stereocenters. The average molecular weight is 351 g/mol. The predicted molar refractivity (Wildman–Crippen MR) is 79.5 cm³/mol.